The molecule has 11 heteroatoms. The number of benzene rings is 3. The number of imide groups is 2. The molecule has 4 aliphatic rings. The highest BCUT2D eigenvalue weighted by molar-refractivity contribution is 6.58. The van der Waals surface area contributed by atoms with E-state index in [0.29, 0.717) is 22.6 Å². The number of anilines is 2. The van der Waals surface area contributed by atoms with Gasteiger partial charge in [0.2, 0.25) is 11.8 Å². The second kappa shape index (κ2) is 11.4. The summed E-state index contributed by atoms with van der Waals surface area (Å²) in [4.78, 5) is 54.9. The fraction of sp³-hybridized carbons (Fsp3) is 0.278. The number of rotatable bonds is 7. The predicted octanol–water partition coefficient (Wildman–Crippen LogP) is 5.61. The van der Waals surface area contributed by atoms with E-state index in [9.17, 15) is 28.7 Å². The van der Waals surface area contributed by atoms with Crippen LogP contribution in [-0.2, 0) is 19.2 Å². The summed E-state index contributed by atoms with van der Waals surface area (Å²) < 4.78 is 19.4. The molecule has 3 aromatic carbocycles. The second-order valence-electron chi connectivity index (χ2n) is 12.2. The van der Waals surface area contributed by atoms with Crippen molar-refractivity contribution in [3.8, 4) is 5.75 Å². The van der Waals surface area contributed by atoms with Crippen LogP contribution in [0.4, 0.5) is 15.8 Å². The third-order valence-electron chi connectivity index (χ3n) is 9.86. The van der Waals surface area contributed by atoms with Crippen LogP contribution in [0.5, 0.6) is 5.75 Å². The number of allylic oxidation sites excluding steroid dienone is 2. The molecule has 0 spiro atoms. The summed E-state index contributed by atoms with van der Waals surface area (Å²) in [6, 6.07) is 18.5. The molecule has 240 valence electrons. The fourth-order valence-electron chi connectivity index (χ4n) is 7.71. The Bertz CT molecular complexity index is 1850. The zero-order chi connectivity index (χ0) is 33.2. The summed E-state index contributed by atoms with van der Waals surface area (Å²) in [5.41, 5.74) is 2.56. The maximum Gasteiger partial charge on any atom is 0.258 e. The average Bonchev–Trinajstić information content (AvgIpc) is 3.42. The Morgan fingerprint density at radius 2 is 1.51 bits per heavy atom. The third-order valence-corrected chi connectivity index (χ3v) is 11.3. The van der Waals surface area contributed by atoms with Crippen molar-refractivity contribution in [2.75, 3.05) is 23.0 Å². The SMILES string of the molecule is C=Cc1ccc(N2C(=O)C3CC=C4C(CC5(Cl)C(=O)N(c6ccc(F)cc6)C(=O)C5(Cl)C4c4ccc(OCCO)cc4)C3C2=O)cc1. The first-order valence-electron chi connectivity index (χ1n) is 15.2. The molecule has 2 aliphatic carbocycles. The van der Waals surface area contributed by atoms with E-state index in [0.717, 1.165) is 22.6 Å². The number of alkyl halides is 2. The molecular formula is C36H29Cl2FN2O6. The second-order valence-corrected chi connectivity index (χ2v) is 13.4. The van der Waals surface area contributed by atoms with Crippen molar-refractivity contribution >= 4 is 64.3 Å². The zero-order valence-electron chi connectivity index (χ0n) is 24.9. The Kier molecular flexibility index (Phi) is 7.62. The lowest BCUT2D eigenvalue weighted by Crippen LogP contribution is -2.60. The summed E-state index contributed by atoms with van der Waals surface area (Å²) in [5.74, 6) is -5.63. The molecule has 6 unspecified atom stereocenters. The van der Waals surface area contributed by atoms with Gasteiger partial charge in [-0.2, -0.15) is 0 Å². The van der Waals surface area contributed by atoms with Gasteiger partial charge in [-0.1, -0.05) is 48.6 Å². The smallest absolute Gasteiger partial charge is 0.258 e. The normalized spacial score (nSPS) is 29.7. The Hall–Kier alpha value is -4.31. The van der Waals surface area contributed by atoms with Gasteiger partial charge in [-0.05, 0) is 78.4 Å². The summed E-state index contributed by atoms with van der Waals surface area (Å²) in [5, 5.41) is 9.18. The lowest BCUT2D eigenvalue weighted by atomic mass is 9.56. The largest absolute Gasteiger partial charge is 0.491 e. The van der Waals surface area contributed by atoms with Crippen LogP contribution in [0.15, 0.2) is 91.0 Å². The van der Waals surface area contributed by atoms with Crippen LogP contribution in [0, 0.1) is 23.6 Å². The number of fused-ring (bicyclic) bond motifs is 4. The number of aliphatic hydroxyl groups is 1. The van der Waals surface area contributed by atoms with Gasteiger partial charge in [-0.3, -0.25) is 24.1 Å². The van der Waals surface area contributed by atoms with Crippen molar-refractivity contribution in [3.63, 3.8) is 0 Å². The van der Waals surface area contributed by atoms with Gasteiger partial charge in [0.15, 0.2) is 9.75 Å². The van der Waals surface area contributed by atoms with Crippen molar-refractivity contribution < 1.29 is 33.4 Å². The monoisotopic (exact) mass is 674 g/mol. The molecule has 0 aromatic heterocycles. The Labute approximate surface area is 280 Å². The number of amides is 4. The molecule has 4 amide bonds. The van der Waals surface area contributed by atoms with Crippen molar-refractivity contribution in [3.05, 3.63) is 108 Å². The number of aliphatic hydroxyl groups excluding tert-OH is 1. The Morgan fingerprint density at radius 1 is 0.872 bits per heavy atom. The molecular weight excluding hydrogens is 646 g/mol. The van der Waals surface area contributed by atoms with Crippen LogP contribution >= 0.6 is 23.2 Å². The van der Waals surface area contributed by atoms with E-state index in [1.165, 1.54) is 17.0 Å². The molecule has 47 heavy (non-hydrogen) atoms. The number of hydrogen-bond acceptors (Lipinski definition) is 6. The molecule has 2 aliphatic heterocycles. The maximum atomic E-state index is 14.4. The molecule has 8 nitrogen and oxygen atoms in total. The Balaban J connectivity index is 1.35. The minimum atomic E-state index is -2.03. The van der Waals surface area contributed by atoms with Crippen LogP contribution in [-0.4, -0.2) is 51.7 Å². The van der Waals surface area contributed by atoms with Gasteiger partial charge in [0, 0.05) is 5.92 Å². The first kappa shape index (κ1) is 31.3. The maximum absolute atomic E-state index is 14.4. The third kappa shape index (κ3) is 4.51. The summed E-state index contributed by atoms with van der Waals surface area (Å²) in [7, 11) is 0. The molecule has 7 rings (SSSR count). The van der Waals surface area contributed by atoms with Crippen LogP contribution in [0.2, 0.25) is 0 Å². The van der Waals surface area contributed by atoms with E-state index in [4.69, 9.17) is 27.9 Å². The predicted molar refractivity (Wildman–Crippen MR) is 175 cm³/mol. The molecule has 2 heterocycles. The average molecular weight is 676 g/mol. The van der Waals surface area contributed by atoms with Crippen LogP contribution in [0.25, 0.3) is 6.08 Å². The van der Waals surface area contributed by atoms with Crippen molar-refractivity contribution in [2.24, 2.45) is 17.8 Å². The standard InChI is InChI=1S/C36H29Cl2FN2O6/c1-2-20-3-9-23(10-4-20)40-31(43)27-16-15-26-28(29(27)32(40)44)19-35(37)33(45)41(24-11-7-22(39)8-12-24)34(46)36(35,38)30(26)21-5-13-25(14-6-21)47-18-17-42/h2-15,27-30,42H,1,16-19H2. The van der Waals surface area contributed by atoms with Crippen LogP contribution < -0.4 is 14.5 Å². The summed E-state index contributed by atoms with van der Waals surface area (Å²) in [6.45, 7) is 3.65. The molecule has 1 N–H and O–H groups in total. The van der Waals surface area contributed by atoms with Gasteiger partial charge < -0.3 is 9.84 Å². The van der Waals surface area contributed by atoms with E-state index >= 15 is 0 Å². The molecule has 6 atom stereocenters. The van der Waals surface area contributed by atoms with Gasteiger partial charge in [-0.25, -0.2) is 9.29 Å². The van der Waals surface area contributed by atoms with Crippen molar-refractivity contribution in [1.29, 1.82) is 0 Å². The van der Waals surface area contributed by atoms with Gasteiger partial charge in [-0.15, -0.1) is 23.2 Å². The molecule has 0 bridgehead atoms. The molecule has 0 radical (unpaired) electrons. The summed E-state index contributed by atoms with van der Waals surface area (Å²) >= 11 is 14.8. The zero-order valence-corrected chi connectivity index (χ0v) is 26.5. The first-order valence-corrected chi connectivity index (χ1v) is 16.0. The topological polar surface area (TPSA) is 104 Å². The van der Waals surface area contributed by atoms with E-state index in [2.05, 4.69) is 6.58 Å². The van der Waals surface area contributed by atoms with Gasteiger partial charge in [0.25, 0.3) is 11.8 Å². The van der Waals surface area contributed by atoms with E-state index < -0.39 is 57.0 Å². The quantitative estimate of drug-likeness (QED) is 0.199. The Morgan fingerprint density at radius 3 is 2.15 bits per heavy atom. The fourth-order valence-corrected chi connectivity index (χ4v) is 8.64. The van der Waals surface area contributed by atoms with E-state index in [1.807, 2.05) is 6.08 Å². The number of carbonyl (C=O) groups is 4. The van der Waals surface area contributed by atoms with Crippen LogP contribution in [0.1, 0.15) is 29.9 Å². The molecule has 1 saturated carbocycles. The minimum Gasteiger partial charge on any atom is -0.491 e. The number of nitrogens with zero attached hydrogens (tertiary/aromatic N) is 2. The highest BCUT2D eigenvalue weighted by Gasteiger charge is 2.76. The van der Waals surface area contributed by atoms with E-state index in [-0.39, 0.29) is 37.6 Å². The number of carbonyl (C=O) groups excluding carboxylic acids is 4. The van der Waals surface area contributed by atoms with Gasteiger partial charge in [0.05, 0.1) is 29.8 Å². The van der Waals surface area contributed by atoms with Gasteiger partial charge in [0.1, 0.15) is 18.2 Å². The minimum absolute atomic E-state index is 0.0753. The van der Waals surface area contributed by atoms with Crippen LogP contribution in [0.3, 0.4) is 0 Å². The highest BCUT2D eigenvalue weighted by Crippen LogP contribution is 2.66. The summed E-state index contributed by atoms with van der Waals surface area (Å²) in [6.07, 6.45) is 3.57. The highest BCUT2D eigenvalue weighted by atomic mass is 35.5. The number of hydrogen-bond donors (Lipinski definition) is 1. The van der Waals surface area contributed by atoms with Crippen molar-refractivity contribution in [1.82, 2.24) is 0 Å². The molecule has 2 saturated heterocycles. The number of ether oxygens (including phenoxy) is 1. The lowest BCUT2D eigenvalue weighted by molar-refractivity contribution is -0.125. The van der Waals surface area contributed by atoms with Crippen molar-refractivity contribution in [2.45, 2.75) is 28.5 Å². The molecule has 3 fully saturated rings. The van der Waals surface area contributed by atoms with E-state index in [1.54, 1.807) is 54.6 Å². The first-order chi connectivity index (χ1) is 22.5. The lowest BCUT2D eigenvalue weighted by Gasteiger charge is -2.50. The van der Waals surface area contributed by atoms with Gasteiger partial charge >= 0.3 is 0 Å². The molecule has 3 aromatic rings. The number of halogens is 3.